The molecular weight excluding hydrogens is 164 g/mol. The van der Waals surface area contributed by atoms with E-state index >= 15 is 0 Å². The summed E-state index contributed by atoms with van der Waals surface area (Å²) in [6.07, 6.45) is 1.68. The number of benzene rings is 1. The highest BCUT2D eigenvalue weighted by atomic mass is 16.3. The summed E-state index contributed by atoms with van der Waals surface area (Å²) in [5.74, 6) is 0.194. The number of rotatable bonds is 2. The van der Waals surface area contributed by atoms with Gasteiger partial charge in [0.15, 0.2) is 0 Å². The molecule has 0 radical (unpaired) electrons. The molecule has 1 aromatic heterocycles. The minimum atomic E-state index is 0.184. The van der Waals surface area contributed by atoms with Crippen molar-refractivity contribution in [1.29, 1.82) is 0 Å². The highest BCUT2D eigenvalue weighted by molar-refractivity contribution is 5.77. The van der Waals surface area contributed by atoms with Crippen molar-refractivity contribution < 1.29 is 9.52 Å². The molecular formula is C11H12O2. The van der Waals surface area contributed by atoms with Crippen LogP contribution in [-0.2, 0) is 0 Å². The average molecular weight is 176 g/mol. The van der Waals surface area contributed by atoms with Crippen molar-refractivity contribution in [3.05, 3.63) is 36.1 Å². The van der Waals surface area contributed by atoms with Gasteiger partial charge in [0.05, 0.1) is 6.26 Å². The van der Waals surface area contributed by atoms with Crippen molar-refractivity contribution in [3.8, 4) is 0 Å². The number of aliphatic hydroxyl groups excluding tert-OH is 1. The number of aliphatic hydroxyl groups is 1. The minimum absolute atomic E-state index is 0.184. The van der Waals surface area contributed by atoms with Crippen molar-refractivity contribution in [3.63, 3.8) is 0 Å². The standard InChI is InChI=1S/C11H12O2/c1-8(7-12)9-2-3-11-10(6-9)4-5-13-11/h2-6,8,12H,7H2,1H3. The topological polar surface area (TPSA) is 33.4 Å². The van der Waals surface area contributed by atoms with E-state index < -0.39 is 0 Å². The fourth-order valence-corrected chi connectivity index (χ4v) is 1.40. The Morgan fingerprint density at radius 3 is 3.00 bits per heavy atom. The Hall–Kier alpha value is -1.28. The van der Waals surface area contributed by atoms with E-state index in [-0.39, 0.29) is 12.5 Å². The van der Waals surface area contributed by atoms with Crippen LogP contribution >= 0.6 is 0 Å². The second kappa shape index (κ2) is 3.23. The van der Waals surface area contributed by atoms with E-state index in [1.54, 1.807) is 6.26 Å². The molecule has 1 atom stereocenters. The van der Waals surface area contributed by atoms with E-state index in [0.29, 0.717) is 0 Å². The molecule has 2 heteroatoms. The predicted molar refractivity (Wildman–Crippen MR) is 51.7 cm³/mol. The van der Waals surface area contributed by atoms with Crippen LogP contribution in [-0.4, -0.2) is 11.7 Å². The summed E-state index contributed by atoms with van der Waals surface area (Å²) in [6, 6.07) is 7.92. The second-order valence-corrected chi connectivity index (χ2v) is 3.30. The molecule has 2 aromatic rings. The summed E-state index contributed by atoms with van der Waals surface area (Å²) in [5.41, 5.74) is 2.05. The lowest BCUT2D eigenvalue weighted by atomic mass is 10.0. The first-order valence-corrected chi connectivity index (χ1v) is 4.39. The van der Waals surface area contributed by atoms with E-state index in [9.17, 15) is 0 Å². The molecule has 0 bridgehead atoms. The Balaban J connectivity index is 2.48. The molecule has 1 N–H and O–H groups in total. The smallest absolute Gasteiger partial charge is 0.133 e. The molecule has 1 aromatic carbocycles. The van der Waals surface area contributed by atoms with E-state index in [2.05, 4.69) is 6.07 Å². The minimum Gasteiger partial charge on any atom is -0.464 e. The maximum absolute atomic E-state index is 8.99. The summed E-state index contributed by atoms with van der Waals surface area (Å²) in [4.78, 5) is 0. The monoisotopic (exact) mass is 176 g/mol. The Labute approximate surface area is 76.8 Å². The predicted octanol–water partition coefficient (Wildman–Crippen LogP) is 2.53. The molecule has 2 rings (SSSR count). The van der Waals surface area contributed by atoms with E-state index in [1.165, 1.54) is 0 Å². The molecule has 0 saturated heterocycles. The van der Waals surface area contributed by atoms with Crippen molar-refractivity contribution >= 4 is 11.0 Å². The number of fused-ring (bicyclic) bond motifs is 1. The van der Waals surface area contributed by atoms with Crippen molar-refractivity contribution in [2.75, 3.05) is 6.61 Å². The maximum atomic E-state index is 8.99. The first-order chi connectivity index (χ1) is 6.31. The average Bonchev–Trinajstić information content (AvgIpc) is 2.63. The van der Waals surface area contributed by atoms with Gasteiger partial charge in [0.2, 0.25) is 0 Å². The van der Waals surface area contributed by atoms with Crippen LogP contribution in [0.2, 0.25) is 0 Å². The summed E-state index contributed by atoms with van der Waals surface area (Å²) in [5, 5.41) is 10.1. The molecule has 0 aliphatic heterocycles. The zero-order chi connectivity index (χ0) is 9.26. The Bertz CT molecular complexity index is 403. The van der Waals surface area contributed by atoms with E-state index in [0.717, 1.165) is 16.5 Å². The van der Waals surface area contributed by atoms with Crippen molar-refractivity contribution in [2.24, 2.45) is 0 Å². The van der Waals surface area contributed by atoms with Gasteiger partial charge in [-0.15, -0.1) is 0 Å². The lowest BCUT2D eigenvalue weighted by Crippen LogP contribution is -1.97. The molecule has 0 aliphatic carbocycles. The normalized spacial score (nSPS) is 13.4. The Morgan fingerprint density at radius 1 is 1.38 bits per heavy atom. The van der Waals surface area contributed by atoms with Gasteiger partial charge in [0.1, 0.15) is 5.58 Å². The molecule has 0 saturated carbocycles. The SMILES string of the molecule is CC(CO)c1ccc2occc2c1. The van der Waals surface area contributed by atoms with Crippen LogP contribution in [0, 0.1) is 0 Å². The maximum Gasteiger partial charge on any atom is 0.133 e. The zero-order valence-electron chi connectivity index (χ0n) is 7.53. The Kier molecular flexibility index (Phi) is 2.07. The molecule has 0 fully saturated rings. The Morgan fingerprint density at radius 2 is 2.23 bits per heavy atom. The molecule has 1 heterocycles. The van der Waals surface area contributed by atoms with Gasteiger partial charge >= 0.3 is 0 Å². The van der Waals surface area contributed by atoms with Gasteiger partial charge in [-0.3, -0.25) is 0 Å². The number of hydrogen-bond acceptors (Lipinski definition) is 2. The first kappa shape index (κ1) is 8.32. The number of hydrogen-bond donors (Lipinski definition) is 1. The van der Waals surface area contributed by atoms with E-state index in [4.69, 9.17) is 9.52 Å². The third-order valence-corrected chi connectivity index (χ3v) is 2.32. The van der Waals surface area contributed by atoms with Crippen LogP contribution in [0.5, 0.6) is 0 Å². The van der Waals surface area contributed by atoms with Crippen molar-refractivity contribution in [2.45, 2.75) is 12.8 Å². The van der Waals surface area contributed by atoms with Crippen LogP contribution < -0.4 is 0 Å². The van der Waals surface area contributed by atoms with Gasteiger partial charge in [-0.05, 0) is 23.8 Å². The molecule has 0 spiro atoms. The lowest BCUT2D eigenvalue weighted by Gasteiger charge is -2.07. The largest absolute Gasteiger partial charge is 0.464 e. The summed E-state index contributed by atoms with van der Waals surface area (Å²) >= 11 is 0. The van der Waals surface area contributed by atoms with Gasteiger partial charge in [-0.2, -0.15) is 0 Å². The molecule has 2 nitrogen and oxygen atoms in total. The fraction of sp³-hybridized carbons (Fsp3) is 0.273. The van der Waals surface area contributed by atoms with Gasteiger partial charge in [-0.1, -0.05) is 13.0 Å². The molecule has 0 amide bonds. The third-order valence-electron chi connectivity index (χ3n) is 2.32. The first-order valence-electron chi connectivity index (χ1n) is 4.39. The quantitative estimate of drug-likeness (QED) is 0.762. The third kappa shape index (κ3) is 1.45. The van der Waals surface area contributed by atoms with Gasteiger partial charge in [0.25, 0.3) is 0 Å². The summed E-state index contributed by atoms with van der Waals surface area (Å²) < 4.78 is 5.22. The highest BCUT2D eigenvalue weighted by Gasteiger charge is 2.05. The van der Waals surface area contributed by atoms with Crippen molar-refractivity contribution in [1.82, 2.24) is 0 Å². The van der Waals surface area contributed by atoms with Crippen LogP contribution in [0.4, 0.5) is 0 Å². The number of furan rings is 1. The van der Waals surface area contributed by atoms with Crippen LogP contribution in [0.25, 0.3) is 11.0 Å². The molecule has 13 heavy (non-hydrogen) atoms. The van der Waals surface area contributed by atoms with E-state index in [1.807, 2.05) is 25.1 Å². The van der Waals surface area contributed by atoms with Crippen LogP contribution in [0.1, 0.15) is 18.4 Å². The lowest BCUT2D eigenvalue weighted by molar-refractivity contribution is 0.273. The summed E-state index contributed by atoms with van der Waals surface area (Å²) in [7, 11) is 0. The van der Waals surface area contributed by atoms with Gasteiger partial charge < -0.3 is 9.52 Å². The van der Waals surface area contributed by atoms with Gasteiger partial charge in [-0.25, -0.2) is 0 Å². The second-order valence-electron chi connectivity index (χ2n) is 3.30. The van der Waals surface area contributed by atoms with Crippen LogP contribution in [0.3, 0.4) is 0 Å². The molecule has 1 unspecified atom stereocenters. The van der Waals surface area contributed by atoms with Crippen LogP contribution in [0.15, 0.2) is 34.9 Å². The summed E-state index contributed by atoms with van der Waals surface area (Å²) in [6.45, 7) is 2.19. The molecule has 0 aliphatic rings. The highest BCUT2D eigenvalue weighted by Crippen LogP contribution is 2.21. The van der Waals surface area contributed by atoms with Gasteiger partial charge in [0, 0.05) is 17.9 Å². The zero-order valence-corrected chi connectivity index (χ0v) is 7.53. The molecule has 68 valence electrons. The fourth-order valence-electron chi connectivity index (χ4n) is 1.40.